The molecule has 2 N–H and O–H groups in total. The molecule has 160 valence electrons. The summed E-state index contributed by atoms with van der Waals surface area (Å²) in [4.78, 5) is 40.2. The highest BCUT2D eigenvalue weighted by molar-refractivity contribution is 6.30. The predicted molar refractivity (Wildman–Crippen MR) is 118 cm³/mol. The molecule has 2 heterocycles. The van der Waals surface area contributed by atoms with Gasteiger partial charge in [-0.2, -0.15) is 0 Å². The van der Waals surface area contributed by atoms with Gasteiger partial charge >= 0.3 is 6.03 Å². The molecule has 0 atom stereocenters. The standard InChI is InChI=1S/C22H21ClN4O4/c23-16-3-5-17(6-4-16)24-20(28)14-27-21(29)19(25-22(27)30)13-15-1-7-18(8-2-15)26-9-11-31-12-10-26/h1-8,13H,9-12,14H2,(H,24,28)(H,25,30)/b19-13-. The van der Waals surface area contributed by atoms with E-state index in [4.69, 9.17) is 16.3 Å². The van der Waals surface area contributed by atoms with E-state index in [1.165, 1.54) is 0 Å². The first kappa shape index (κ1) is 20.9. The number of benzene rings is 2. The zero-order chi connectivity index (χ0) is 21.8. The van der Waals surface area contributed by atoms with Gasteiger partial charge in [0, 0.05) is 29.5 Å². The molecular formula is C22H21ClN4O4. The molecule has 2 fully saturated rings. The second-order valence-corrected chi connectivity index (χ2v) is 7.56. The SMILES string of the molecule is O=C(CN1C(=O)N/C(=C\c2ccc(N3CCOCC3)cc2)C1=O)Nc1ccc(Cl)cc1. The summed E-state index contributed by atoms with van der Waals surface area (Å²) < 4.78 is 5.36. The van der Waals surface area contributed by atoms with Crippen LogP contribution in [0.25, 0.3) is 6.08 Å². The molecule has 4 rings (SSSR count). The third-order valence-corrected chi connectivity index (χ3v) is 5.22. The second-order valence-electron chi connectivity index (χ2n) is 7.13. The van der Waals surface area contributed by atoms with Gasteiger partial charge in [0.1, 0.15) is 12.2 Å². The predicted octanol–water partition coefficient (Wildman–Crippen LogP) is 2.71. The minimum atomic E-state index is -0.632. The van der Waals surface area contributed by atoms with Crippen LogP contribution in [0.2, 0.25) is 5.02 Å². The average Bonchev–Trinajstić information content (AvgIpc) is 3.04. The summed E-state index contributed by atoms with van der Waals surface area (Å²) in [5.41, 5.74) is 2.50. The lowest BCUT2D eigenvalue weighted by atomic mass is 10.1. The van der Waals surface area contributed by atoms with Crippen LogP contribution in [0.3, 0.4) is 0 Å². The number of nitrogens with one attached hydrogen (secondary N) is 2. The van der Waals surface area contributed by atoms with E-state index in [1.54, 1.807) is 30.3 Å². The maximum atomic E-state index is 12.6. The van der Waals surface area contributed by atoms with Crippen molar-refractivity contribution in [2.24, 2.45) is 0 Å². The van der Waals surface area contributed by atoms with Crippen LogP contribution in [0.15, 0.2) is 54.2 Å². The fourth-order valence-electron chi connectivity index (χ4n) is 3.36. The number of ether oxygens (including phenoxy) is 1. The summed E-state index contributed by atoms with van der Waals surface area (Å²) >= 11 is 5.82. The van der Waals surface area contributed by atoms with E-state index < -0.39 is 17.8 Å². The van der Waals surface area contributed by atoms with Crippen molar-refractivity contribution in [1.82, 2.24) is 10.2 Å². The number of urea groups is 1. The first-order valence-electron chi connectivity index (χ1n) is 9.82. The topological polar surface area (TPSA) is 91.0 Å². The zero-order valence-corrected chi connectivity index (χ0v) is 17.4. The van der Waals surface area contributed by atoms with E-state index in [0.29, 0.717) is 23.9 Å². The summed E-state index contributed by atoms with van der Waals surface area (Å²) in [5.74, 6) is -1.03. The quantitative estimate of drug-likeness (QED) is 0.551. The second kappa shape index (κ2) is 9.20. The van der Waals surface area contributed by atoms with Gasteiger partial charge in [-0.05, 0) is 48.0 Å². The van der Waals surface area contributed by atoms with Gasteiger partial charge in [0.05, 0.1) is 13.2 Å². The molecule has 2 aromatic carbocycles. The first-order chi connectivity index (χ1) is 15.0. The summed E-state index contributed by atoms with van der Waals surface area (Å²) in [6.07, 6.45) is 1.60. The van der Waals surface area contributed by atoms with Crippen LogP contribution in [-0.4, -0.2) is 55.6 Å². The molecule has 0 aromatic heterocycles. The maximum absolute atomic E-state index is 12.6. The van der Waals surface area contributed by atoms with Crippen molar-refractivity contribution in [3.8, 4) is 0 Å². The highest BCUT2D eigenvalue weighted by Crippen LogP contribution is 2.20. The molecule has 9 heteroatoms. The molecule has 8 nitrogen and oxygen atoms in total. The normalized spacial score (nSPS) is 17.8. The number of hydrogen-bond acceptors (Lipinski definition) is 5. The Morgan fingerprint density at radius 2 is 1.74 bits per heavy atom. The number of rotatable bonds is 5. The van der Waals surface area contributed by atoms with Gasteiger partial charge in [-0.3, -0.25) is 9.59 Å². The Labute approximate surface area is 184 Å². The van der Waals surface area contributed by atoms with Crippen molar-refractivity contribution in [3.63, 3.8) is 0 Å². The van der Waals surface area contributed by atoms with Crippen LogP contribution in [0.5, 0.6) is 0 Å². The van der Waals surface area contributed by atoms with E-state index in [-0.39, 0.29) is 12.2 Å². The number of anilines is 2. The molecule has 2 saturated heterocycles. The van der Waals surface area contributed by atoms with E-state index in [9.17, 15) is 14.4 Å². The smallest absolute Gasteiger partial charge is 0.329 e. The number of carbonyl (C=O) groups is 3. The number of halogens is 1. The lowest BCUT2D eigenvalue weighted by Crippen LogP contribution is -2.38. The number of amides is 4. The first-order valence-corrected chi connectivity index (χ1v) is 10.2. The van der Waals surface area contributed by atoms with E-state index in [1.807, 2.05) is 24.3 Å². The molecule has 4 amide bonds. The molecule has 31 heavy (non-hydrogen) atoms. The van der Waals surface area contributed by atoms with Crippen molar-refractivity contribution in [1.29, 1.82) is 0 Å². The highest BCUT2D eigenvalue weighted by atomic mass is 35.5. The minimum Gasteiger partial charge on any atom is -0.378 e. The molecule has 0 radical (unpaired) electrons. The molecule has 0 aliphatic carbocycles. The Morgan fingerprint density at radius 1 is 1.06 bits per heavy atom. The van der Waals surface area contributed by atoms with Crippen LogP contribution in [0.4, 0.5) is 16.2 Å². The third-order valence-electron chi connectivity index (χ3n) is 4.97. The number of nitrogens with zero attached hydrogens (tertiary/aromatic N) is 2. The average molecular weight is 441 g/mol. The van der Waals surface area contributed by atoms with Gasteiger partial charge in [-0.15, -0.1) is 0 Å². The van der Waals surface area contributed by atoms with Crippen molar-refractivity contribution >= 4 is 46.9 Å². The van der Waals surface area contributed by atoms with Gasteiger partial charge in [0.2, 0.25) is 5.91 Å². The summed E-state index contributed by atoms with van der Waals surface area (Å²) in [6, 6.07) is 13.6. The lowest BCUT2D eigenvalue weighted by Gasteiger charge is -2.28. The largest absolute Gasteiger partial charge is 0.378 e. The fourth-order valence-corrected chi connectivity index (χ4v) is 3.49. The summed E-state index contributed by atoms with van der Waals surface area (Å²) in [5, 5.41) is 5.71. The van der Waals surface area contributed by atoms with Crippen molar-refractivity contribution in [2.75, 3.05) is 43.1 Å². The Bertz CT molecular complexity index is 1010. The van der Waals surface area contributed by atoms with Crippen LogP contribution < -0.4 is 15.5 Å². The van der Waals surface area contributed by atoms with E-state index >= 15 is 0 Å². The fraction of sp³-hybridized carbons (Fsp3) is 0.227. The van der Waals surface area contributed by atoms with E-state index in [0.717, 1.165) is 29.2 Å². The molecule has 0 unspecified atom stereocenters. The van der Waals surface area contributed by atoms with Crippen LogP contribution in [0.1, 0.15) is 5.56 Å². The maximum Gasteiger partial charge on any atom is 0.329 e. The zero-order valence-electron chi connectivity index (χ0n) is 16.6. The summed E-state index contributed by atoms with van der Waals surface area (Å²) in [7, 11) is 0. The Hall–Kier alpha value is -3.36. The van der Waals surface area contributed by atoms with E-state index in [2.05, 4.69) is 15.5 Å². The molecule has 2 aromatic rings. The lowest BCUT2D eigenvalue weighted by molar-refractivity contribution is -0.127. The Morgan fingerprint density at radius 3 is 2.42 bits per heavy atom. The van der Waals surface area contributed by atoms with Gasteiger partial charge in [-0.1, -0.05) is 23.7 Å². The minimum absolute atomic E-state index is 0.128. The molecule has 0 spiro atoms. The number of carbonyl (C=O) groups excluding carboxylic acids is 3. The van der Waals surface area contributed by atoms with Crippen molar-refractivity contribution < 1.29 is 19.1 Å². The molecule has 0 saturated carbocycles. The van der Waals surface area contributed by atoms with Crippen LogP contribution in [0, 0.1) is 0 Å². The molecule has 2 aliphatic rings. The Balaban J connectivity index is 1.39. The molecule has 0 bridgehead atoms. The van der Waals surface area contributed by atoms with Gasteiger partial charge < -0.3 is 20.3 Å². The van der Waals surface area contributed by atoms with Gasteiger partial charge in [0.15, 0.2) is 0 Å². The number of imide groups is 1. The van der Waals surface area contributed by atoms with Crippen LogP contribution in [-0.2, 0) is 14.3 Å². The third kappa shape index (κ3) is 5.04. The van der Waals surface area contributed by atoms with Gasteiger partial charge in [-0.25, -0.2) is 9.69 Å². The van der Waals surface area contributed by atoms with Crippen molar-refractivity contribution in [3.05, 3.63) is 64.8 Å². The number of hydrogen-bond donors (Lipinski definition) is 2. The molecule has 2 aliphatic heterocycles. The number of morpholine rings is 1. The molecular weight excluding hydrogens is 420 g/mol. The summed E-state index contributed by atoms with van der Waals surface area (Å²) in [6.45, 7) is 2.69. The van der Waals surface area contributed by atoms with Gasteiger partial charge in [0.25, 0.3) is 5.91 Å². The van der Waals surface area contributed by atoms with Crippen molar-refractivity contribution in [2.45, 2.75) is 0 Å². The Kier molecular flexibility index (Phi) is 6.20. The van der Waals surface area contributed by atoms with Crippen LogP contribution >= 0.6 is 11.6 Å². The highest BCUT2D eigenvalue weighted by Gasteiger charge is 2.34. The monoisotopic (exact) mass is 440 g/mol.